The van der Waals surface area contributed by atoms with Crippen molar-refractivity contribution >= 4 is 0 Å². The highest BCUT2D eigenvalue weighted by Crippen LogP contribution is 2.01. The monoisotopic (exact) mass is 127 g/mol. The molecule has 1 aliphatic rings. The molecule has 0 bridgehead atoms. The average molecular weight is 127 g/mol. The second-order valence-electron chi connectivity index (χ2n) is 1.85. The van der Waals surface area contributed by atoms with Gasteiger partial charge in [0.2, 0.25) is 0 Å². The van der Waals surface area contributed by atoms with Crippen molar-refractivity contribution in [2.45, 2.75) is 13.0 Å². The van der Waals surface area contributed by atoms with Crippen LogP contribution in [0.25, 0.3) is 0 Å². The quantitative estimate of drug-likeness (QED) is 0.532. The number of aliphatic hydroxyl groups is 1. The van der Waals surface area contributed by atoms with Crippen LogP contribution in [0.4, 0.5) is 0 Å². The molecule has 50 valence electrons. The molecule has 3 heteroatoms. The third-order valence-electron chi connectivity index (χ3n) is 1.05. The molecule has 0 spiro atoms. The Hall–Kier alpha value is -0.960. The number of hydrogen-bond donors (Lipinski definition) is 2. The lowest BCUT2D eigenvalue weighted by Crippen LogP contribution is -2.21. The summed E-state index contributed by atoms with van der Waals surface area (Å²) in [5, 5.41) is 8.93. The first kappa shape index (κ1) is 6.16. The van der Waals surface area contributed by atoms with Crippen molar-refractivity contribution in [1.82, 2.24) is 5.48 Å². The Bertz CT molecular complexity index is 149. The Morgan fingerprint density at radius 1 is 1.78 bits per heavy atom. The first-order chi connectivity index (χ1) is 4.30. The Morgan fingerprint density at radius 3 is 2.89 bits per heavy atom. The number of nitrogens with one attached hydrogen (secondary N) is 1. The molecule has 1 heterocycles. The van der Waals surface area contributed by atoms with Gasteiger partial charge in [0.05, 0.1) is 11.8 Å². The maximum absolute atomic E-state index is 8.93. The lowest BCUT2D eigenvalue weighted by atomic mass is 10.3. The van der Waals surface area contributed by atoms with Crippen molar-refractivity contribution in [3.05, 3.63) is 24.1 Å². The Morgan fingerprint density at radius 2 is 2.56 bits per heavy atom. The molecule has 2 N–H and O–H groups in total. The molecule has 9 heavy (non-hydrogen) atoms. The van der Waals surface area contributed by atoms with Crippen LogP contribution in [-0.2, 0) is 4.84 Å². The molecule has 0 aromatic heterocycles. The van der Waals surface area contributed by atoms with E-state index in [-0.39, 0.29) is 0 Å². The molecule has 0 fully saturated rings. The van der Waals surface area contributed by atoms with Crippen molar-refractivity contribution in [3.8, 4) is 0 Å². The van der Waals surface area contributed by atoms with Crippen LogP contribution in [-0.4, -0.2) is 11.2 Å². The van der Waals surface area contributed by atoms with Crippen LogP contribution in [0.15, 0.2) is 24.1 Å². The molecular weight excluding hydrogens is 118 g/mol. The second kappa shape index (κ2) is 2.55. The molecular formula is C6H9NO2. The third kappa shape index (κ3) is 1.47. The van der Waals surface area contributed by atoms with Crippen LogP contribution in [0.5, 0.6) is 0 Å². The van der Waals surface area contributed by atoms with E-state index in [1.807, 2.05) is 0 Å². The largest absolute Gasteiger partial charge is 0.390 e. The van der Waals surface area contributed by atoms with Gasteiger partial charge in [0.25, 0.3) is 0 Å². The summed E-state index contributed by atoms with van der Waals surface area (Å²) in [4.78, 5) is 4.68. The van der Waals surface area contributed by atoms with Gasteiger partial charge in [-0.3, -0.25) is 0 Å². The molecule has 0 saturated carbocycles. The number of rotatable bonds is 1. The molecule has 1 atom stereocenters. The summed E-state index contributed by atoms with van der Waals surface area (Å²) < 4.78 is 0. The fourth-order valence-corrected chi connectivity index (χ4v) is 0.543. The lowest BCUT2D eigenvalue weighted by Gasteiger charge is -2.13. The fourth-order valence-electron chi connectivity index (χ4n) is 0.543. The highest BCUT2D eigenvalue weighted by atomic mass is 16.6. The summed E-state index contributed by atoms with van der Waals surface area (Å²) in [7, 11) is 0. The van der Waals surface area contributed by atoms with Gasteiger partial charge < -0.3 is 9.94 Å². The van der Waals surface area contributed by atoms with Gasteiger partial charge in [0.15, 0.2) is 0 Å². The van der Waals surface area contributed by atoms with E-state index in [1.54, 1.807) is 19.1 Å². The summed E-state index contributed by atoms with van der Waals surface area (Å²) in [6.45, 7) is 1.67. The van der Waals surface area contributed by atoms with E-state index in [9.17, 15) is 0 Å². The van der Waals surface area contributed by atoms with Crippen LogP contribution in [0.3, 0.4) is 0 Å². The van der Waals surface area contributed by atoms with Crippen LogP contribution >= 0.6 is 0 Å². The number of hydroxylamine groups is 1. The van der Waals surface area contributed by atoms with Crippen molar-refractivity contribution < 1.29 is 9.94 Å². The maximum atomic E-state index is 8.93. The molecule has 1 aliphatic heterocycles. The smallest absolute Gasteiger partial charge is 0.119 e. The van der Waals surface area contributed by atoms with E-state index in [0.29, 0.717) is 5.70 Å². The summed E-state index contributed by atoms with van der Waals surface area (Å²) in [5.41, 5.74) is 3.22. The highest BCUT2D eigenvalue weighted by Gasteiger charge is 2.04. The molecule has 0 aromatic rings. The minimum Gasteiger partial charge on any atom is -0.390 e. The summed E-state index contributed by atoms with van der Waals surface area (Å²) >= 11 is 0. The molecule has 1 unspecified atom stereocenters. The first-order valence-electron chi connectivity index (χ1n) is 2.77. The first-order valence-corrected chi connectivity index (χ1v) is 2.77. The van der Waals surface area contributed by atoms with E-state index in [2.05, 4.69) is 10.3 Å². The van der Waals surface area contributed by atoms with Gasteiger partial charge >= 0.3 is 0 Å². The number of hydrogen-bond acceptors (Lipinski definition) is 3. The van der Waals surface area contributed by atoms with Gasteiger partial charge in [-0.2, -0.15) is 0 Å². The molecule has 3 nitrogen and oxygen atoms in total. The van der Waals surface area contributed by atoms with E-state index in [1.165, 1.54) is 6.26 Å². The van der Waals surface area contributed by atoms with Gasteiger partial charge in [-0.25, -0.2) is 5.48 Å². The van der Waals surface area contributed by atoms with Gasteiger partial charge in [0, 0.05) is 0 Å². The predicted molar refractivity (Wildman–Crippen MR) is 33.1 cm³/mol. The SMILES string of the molecule is CC(O)C1=CC=CON1. The molecule has 0 saturated heterocycles. The molecule has 0 aromatic carbocycles. The third-order valence-corrected chi connectivity index (χ3v) is 1.05. The minimum absolute atomic E-state index is 0.491. The predicted octanol–water partition coefficient (Wildman–Crippen LogP) is 0.300. The summed E-state index contributed by atoms with van der Waals surface area (Å²) in [5.74, 6) is 0. The molecule has 0 radical (unpaired) electrons. The van der Waals surface area contributed by atoms with E-state index in [0.717, 1.165) is 0 Å². The van der Waals surface area contributed by atoms with Gasteiger partial charge in [-0.15, -0.1) is 0 Å². The lowest BCUT2D eigenvalue weighted by molar-refractivity contribution is 0.118. The van der Waals surface area contributed by atoms with Crippen LogP contribution in [0.2, 0.25) is 0 Å². The van der Waals surface area contributed by atoms with Gasteiger partial charge in [-0.05, 0) is 19.1 Å². The van der Waals surface area contributed by atoms with E-state index >= 15 is 0 Å². The standard InChI is InChI=1S/C6H9NO2/c1-5(8)6-3-2-4-9-7-6/h2-5,7-8H,1H3. The Balaban J connectivity index is 2.57. The minimum atomic E-state index is -0.491. The van der Waals surface area contributed by atoms with Gasteiger partial charge in [0.1, 0.15) is 6.26 Å². The number of aliphatic hydroxyl groups excluding tert-OH is 1. The molecule has 1 rings (SSSR count). The molecule has 0 aliphatic carbocycles. The van der Waals surface area contributed by atoms with Crippen molar-refractivity contribution in [3.63, 3.8) is 0 Å². The maximum Gasteiger partial charge on any atom is 0.119 e. The van der Waals surface area contributed by atoms with Crippen molar-refractivity contribution in [2.75, 3.05) is 0 Å². The normalized spacial score (nSPS) is 19.6. The zero-order chi connectivity index (χ0) is 6.69. The average Bonchev–Trinajstić information content (AvgIpc) is 1.90. The van der Waals surface area contributed by atoms with Crippen molar-refractivity contribution in [2.24, 2.45) is 0 Å². The number of allylic oxidation sites excluding steroid dienone is 2. The van der Waals surface area contributed by atoms with Crippen molar-refractivity contribution in [1.29, 1.82) is 0 Å². The Kier molecular flexibility index (Phi) is 1.75. The Labute approximate surface area is 53.6 Å². The topological polar surface area (TPSA) is 41.5 Å². The molecule has 0 amide bonds. The fraction of sp³-hybridized carbons (Fsp3) is 0.333. The second-order valence-corrected chi connectivity index (χ2v) is 1.85. The zero-order valence-electron chi connectivity index (χ0n) is 5.16. The van der Waals surface area contributed by atoms with E-state index < -0.39 is 6.10 Å². The van der Waals surface area contributed by atoms with Crippen LogP contribution in [0.1, 0.15) is 6.92 Å². The van der Waals surface area contributed by atoms with Crippen LogP contribution < -0.4 is 5.48 Å². The van der Waals surface area contributed by atoms with Crippen LogP contribution in [0, 0.1) is 0 Å². The highest BCUT2D eigenvalue weighted by molar-refractivity contribution is 5.13. The van der Waals surface area contributed by atoms with E-state index in [4.69, 9.17) is 5.11 Å². The van der Waals surface area contributed by atoms with Gasteiger partial charge in [-0.1, -0.05) is 0 Å². The zero-order valence-corrected chi connectivity index (χ0v) is 5.16. The summed E-state index contributed by atoms with van der Waals surface area (Å²) in [6, 6.07) is 0. The summed E-state index contributed by atoms with van der Waals surface area (Å²) in [6.07, 6.45) is 4.49.